The zero-order valence-electron chi connectivity index (χ0n) is 12.0. The number of rotatable bonds is 4. The molecule has 0 unspecified atom stereocenters. The van der Waals surface area contributed by atoms with E-state index in [1.807, 2.05) is 31.2 Å². The fraction of sp³-hybridized carbons (Fsp3) is 0.333. The van der Waals surface area contributed by atoms with Gasteiger partial charge in [-0.1, -0.05) is 41.9 Å². The Balaban J connectivity index is 1.55. The van der Waals surface area contributed by atoms with Gasteiger partial charge in [0.1, 0.15) is 5.82 Å². The lowest BCUT2D eigenvalue weighted by Gasteiger charge is -2.38. The molecule has 0 heterocycles. The second-order valence-electron chi connectivity index (χ2n) is 5.83. The molecule has 0 spiro atoms. The van der Waals surface area contributed by atoms with Crippen molar-refractivity contribution in [3.63, 3.8) is 0 Å². The Bertz CT molecular complexity index is 605. The first-order valence-corrected chi connectivity index (χ1v) is 7.77. The van der Waals surface area contributed by atoms with E-state index < -0.39 is 0 Å². The summed E-state index contributed by atoms with van der Waals surface area (Å²) in [6, 6.07) is 15.6. The lowest BCUT2D eigenvalue weighted by atomic mass is 9.75. The fourth-order valence-electron chi connectivity index (χ4n) is 3.03. The highest BCUT2D eigenvalue weighted by Gasteiger charge is 2.31. The van der Waals surface area contributed by atoms with Gasteiger partial charge in [-0.3, -0.25) is 0 Å². The largest absolute Gasteiger partial charge is 0.307 e. The van der Waals surface area contributed by atoms with E-state index in [1.165, 1.54) is 11.6 Å². The molecule has 3 heteroatoms. The molecule has 110 valence electrons. The zero-order chi connectivity index (χ0) is 14.8. The van der Waals surface area contributed by atoms with E-state index in [4.69, 9.17) is 11.6 Å². The molecular formula is C18H19ClFN. The second kappa shape index (κ2) is 6.17. The quantitative estimate of drug-likeness (QED) is 0.831. The molecule has 1 atom stereocenters. The van der Waals surface area contributed by atoms with Gasteiger partial charge in [0.25, 0.3) is 0 Å². The third kappa shape index (κ3) is 3.28. The number of benzene rings is 2. The average molecular weight is 304 g/mol. The van der Waals surface area contributed by atoms with Crippen LogP contribution in [-0.2, 0) is 0 Å². The maximum atomic E-state index is 13.7. The standard InChI is InChI=1S/C18H19ClFN/c1-12(17-4-2-3-5-18(17)20)21-16-10-14(11-16)13-6-8-15(19)9-7-13/h2-9,12,14,16,21H,10-11H2,1H3/t12-,14?,16?/m1/s1. The van der Waals surface area contributed by atoms with Crippen molar-refractivity contribution >= 4 is 11.6 Å². The summed E-state index contributed by atoms with van der Waals surface area (Å²) in [5.74, 6) is 0.457. The predicted molar refractivity (Wildman–Crippen MR) is 85.2 cm³/mol. The topological polar surface area (TPSA) is 12.0 Å². The van der Waals surface area contributed by atoms with Gasteiger partial charge in [-0.15, -0.1) is 0 Å². The average Bonchev–Trinajstić information content (AvgIpc) is 2.44. The summed E-state index contributed by atoms with van der Waals surface area (Å²) in [6.45, 7) is 2.02. The SMILES string of the molecule is C[C@@H](NC1CC(c2ccc(Cl)cc2)C1)c1ccccc1F. The Morgan fingerprint density at radius 3 is 2.43 bits per heavy atom. The number of halogens is 2. The van der Waals surface area contributed by atoms with Gasteiger partial charge in [0.15, 0.2) is 0 Å². The van der Waals surface area contributed by atoms with E-state index in [9.17, 15) is 4.39 Å². The molecule has 1 aliphatic rings. The minimum atomic E-state index is -0.133. The Morgan fingerprint density at radius 2 is 1.76 bits per heavy atom. The molecular weight excluding hydrogens is 285 g/mol. The summed E-state index contributed by atoms with van der Waals surface area (Å²) in [5.41, 5.74) is 2.09. The highest BCUT2D eigenvalue weighted by molar-refractivity contribution is 6.30. The van der Waals surface area contributed by atoms with Gasteiger partial charge in [0, 0.05) is 22.7 Å². The second-order valence-corrected chi connectivity index (χ2v) is 6.26. The fourth-order valence-corrected chi connectivity index (χ4v) is 3.16. The number of nitrogens with one attached hydrogen (secondary N) is 1. The molecule has 0 saturated heterocycles. The van der Waals surface area contributed by atoms with Crippen LogP contribution in [0.4, 0.5) is 4.39 Å². The van der Waals surface area contributed by atoms with Gasteiger partial charge in [-0.05, 0) is 49.4 Å². The summed E-state index contributed by atoms with van der Waals surface area (Å²) < 4.78 is 13.7. The smallest absolute Gasteiger partial charge is 0.127 e. The van der Waals surface area contributed by atoms with Crippen molar-refractivity contribution in [2.24, 2.45) is 0 Å². The van der Waals surface area contributed by atoms with Crippen LogP contribution in [0.5, 0.6) is 0 Å². The highest BCUT2D eigenvalue weighted by atomic mass is 35.5. The van der Waals surface area contributed by atoms with Gasteiger partial charge in [-0.25, -0.2) is 4.39 Å². The van der Waals surface area contributed by atoms with Crippen LogP contribution in [0.1, 0.15) is 42.9 Å². The molecule has 1 fully saturated rings. The molecule has 1 saturated carbocycles. The first-order chi connectivity index (χ1) is 10.1. The molecule has 1 nitrogen and oxygen atoms in total. The van der Waals surface area contributed by atoms with Crippen molar-refractivity contribution < 1.29 is 4.39 Å². The van der Waals surface area contributed by atoms with Crippen LogP contribution in [0.25, 0.3) is 0 Å². The number of hydrogen-bond acceptors (Lipinski definition) is 1. The van der Waals surface area contributed by atoms with Crippen LogP contribution in [0.2, 0.25) is 5.02 Å². The van der Waals surface area contributed by atoms with Gasteiger partial charge >= 0.3 is 0 Å². The maximum absolute atomic E-state index is 13.7. The highest BCUT2D eigenvalue weighted by Crippen LogP contribution is 2.38. The van der Waals surface area contributed by atoms with Crippen LogP contribution in [0.3, 0.4) is 0 Å². The first-order valence-electron chi connectivity index (χ1n) is 7.39. The van der Waals surface area contributed by atoms with Gasteiger partial charge in [-0.2, -0.15) is 0 Å². The summed E-state index contributed by atoms with van der Waals surface area (Å²) >= 11 is 5.91. The molecule has 21 heavy (non-hydrogen) atoms. The maximum Gasteiger partial charge on any atom is 0.127 e. The molecule has 2 aromatic carbocycles. The molecule has 3 rings (SSSR count). The lowest BCUT2D eigenvalue weighted by Crippen LogP contribution is -2.41. The Morgan fingerprint density at radius 1 is 1.10 bits per heavy atom. The Labute approximate surface area is 130 Å². The van der Waals surface area contributed by atoms with E-state index in [2.05, 4.69) is 17.4 Å². The van der Waals surface area contributed by atoms with Gasteiger partial charge < -0.3 is 5.32 Å². The van der Waals surface area contributed by atoms with Crippen molar-refractivity contribution in [3.05, 3.63) is 70.5 Å². The monoisotopic (exact) mass is 303 g/mol. The van der Waals surface area contributed by atoms with E-state index in [1.54, 1.807) is 6.07 Å². The van der Waals surface area contributed by atoms with Crippen LogP contribution < -0.4 is 5.32 Å². The van der Waals surface area contributed by atoms with Crippen molar-refractivity contribution in [1.29, 1.82) is 0 Å². The molecule has 0 bridgehead atoms. The van der Waals surface area contributed by atoms with E-state index >= 15 is 0 Å². The van der Waals surface area contributed by atoms with Crippen LogP contribution >= 0.6 is 11.6 Å². The molecule has 0 aromatic heterocycles. The lowest BCUT2D eigenvalue weighted by molar-refractivity contribution is 0.269. The van der Waals surface area contributed by atoms with Crippen molar-refractivity contribution in [1.82, 2.24) is 5.32 Å². The van der Waals surface area contributed by atoms with Crippen molar-refractivity contribution in [2.75, 3.05) is 0 Å². The Kier molecular flexibility index (Phi) is 4.27. The minimum absolute atomic E-state index is 0.0439. The third-order valence-electron chi connectivity index (χ3n) is 4.34. The normalized spacial score (nSPS) is 22.6. The summed E-state index contributed by atoms with van der Waals surface area (Å²) in [5, 5.41) is 4.30. The van der Waals surface area contributed by atoms with Crippen molar-refractivity contribution in [3.8, 4) is 0 Å². The third-order valence-corrected chi connectivity index (χ3v) is 4.59. The summed E-state index contributed by atoms with van der Waals surface area (Å²) in [7, 11) is 0. The van der Waals surface area contributed by atoms with E-state index in [-0.39, 0.29) is 11.9 Å². The van der Waals surface area contributed by atoms with Crippen LogP contribution in [-0.4, -0.2) is 6.04 Å². The first kappa shape index (κ1) is 14.6. The minimum Gasteiger partial charge on any atom is -0.307 e. The molecule has 2 aromatic rings. The number of hydrogen-bond donors (Lipinski definition) is 1. The summed E-state index contributed by atoms with van der Waals surface area (Å²) in [4.78, 5) is 0. The molecule has 0 radical (unpaired) electrons. The molecule has 1 aliphatic carbocycles. The Hall–Kier alpha value is -1.38. The van der Waals surface area contributed by atoms with Crippen LogP contribution in [0.15, 0.2) is 48.5 Å². The van der Waals surface area contributed by atoms with Crippen molar-refractivity contribution in [2.45, 2.75) is 37.8 Å². The van der Waals surface area contributed by atoms with E-state index in [0.717, 1.165) is 23.4 Å². The van der Waals surface area contributed by atoms with E-state index in [0.29, 0.717) is 12.0 Å². The zero-order valence-corrected chi connectivity index (χ0v) is 12.8. The molecule has 0 aliphatic heterocycles. The predicted octanol–water partition coefficient (Wildman–Crippen LogP) is 5.08. The summed E-state index contributed by atoms with van der Waals surface area (Å²) in [6.07, 6.45) is 2.20. The van der Waals surface area contributed by atoms with Crippen LogP contribution in [0, 0.1) is 5.82 Å². The van der Waals surface area contributed by atoms with Gasteiger partial charge in [0.2, 0.25) is 0 Å². The molecule has 1 N–H and O–H groups in total. The molecule has 0 amide bonds. The van der Waals surface area contributed by atoms with Gasteiger partial charge in [0.05, 0.1) is 0 Å².